The van der Waals surface area contributed by atoms with E-state index in [4.69, 9.17) is 10.2 Å². The van der Waals surface area contributed by atoms with Crippen molar-refractivity contribution >= 4 is 5.69 Å². The summed E-state index contributed by atoms with van der Waals surface area (Å²) in [4.78, 5) is 2.26. The fourth-order valence-electron chi connectivity index (χ4n) is 1.85. The predicted molar refractivity (Wildman–Crippen MR) is 69.6 cm³/mol. The third-order valence-corrected chi connectivity index (χ3v) is 2.85. The Balaban J connectivity index is 1.84. The molecule has 0 aliphatic carbocycles. The lowest BCUT2D eigenvalue weighted by atomic mass is 10.1. The van der Waals surface area contributed by atoms with E-state index < -0.39 is 0 Å². The monoisotopic (exact) mass is 230 g/mol. The molecule has 0 aliphatic rings. The van der Waals surface area contributed by atoms with Gasteiger partial charge in [0.2, 0.25) is 0 Å². The number of hydrogen-bond donors (Lipinski definition) is 1. The van der Waals surface area contributed by atoms with Crippen LogP contribution in [0.15, 0.2) is 47.3 Å². The Morgan fingerprint density at radius 2 is 2.06 bits per heavy atom. The zero-order chi connectivity index (χ0) is 12.1. The van der Waals surface area contributed by atoms with E-state index in [0.717, 1.165) is 25.2 Å². The van der Waals surface area contributed by atoms with Crippen LogP contribution >= 0.6 is 0 Å². The molecule has 0 spiro atoms. The standard InChI is InChI=1S/C14H18N2O/c1-16(10-12-7-9-17-11-12)8-6-13-4-2-3-5-14(13)15/h2-5,7,9,11H,6,8,10,15H2,1H3. The second-order valence-corrected chi connectivity index (χ2v) is 4.32. The van der Waals surface area contributed by atoms with Crippen molar-refractivity contribution in [3.05, 3.63) is 54.0 Å². The van der Waals surface area contributed by atoms with Crippen molar-refractivity contribution in [3.63, 3.8) is 0 Å². The van der Waals surface area contributed by atoms with Gasteiger partial charge in [0.25, 0.3) is 0 Å². The Morgan fingerprint density at radius 3 is 2.76 bits per heavy atom. The number of hydrogen-bond acceptors (Lipinski definition) is 3. The maximum Gasteiger partial charge on any atom is 0.0947 e. The lowest BCUT2D eigenvalue weighted by Gasteiger charge is -2.16. The minimum atomic E-state index is 0.879. The molecule has 0 atom stereocenters. The highest BCUT2D eigenvalue weighted by atomic mass is 16.3. The molecule has 90 valence electrons. The van der Waals surface area contributed by atoms with Crippen LogP contribution in [0.3, 0.4) is 0 Å². The minimum absolute atomic E-state index is 0.879. The van der Waals surface area contributed by atoms with Gasteiger partial charge >= 0.3 is 0 Å². The fourth-order valence-corrected chi connectivity index (χ4v) is 1.85. The normalized spacial score (nSPS) is 10.9. The number of anilines is 1. The van der Waals surface area contributed by atoms with Crippen molar-refractivity contribution in [1.29, 1.82) is 0 Å². The van der Waals surface area contributed by atoms with Gasteiger partial charge in [-0.1, -0.05) is 18.2 Å². The molecule has 0 aliphatic heterocycles. The summed E-state index contributed by atoms with van der Waals surface area (Å²) >= 11 is 0. The Morgan fingerprint density at radius 1 is 1.24 bits per heavy atom. The summed E-state index contributed by atoms with van der Waals surface area (Å²) in [5, 5.41) is 0. The number of nitrogens with two attached hydrogens (primary N) is 1. The topological polar surface area (TPSA) is 42.4 Å². The zero-order valence-corrected chi connectivity index (χ0v) is 10.1. The Labute approximate surface area is 102 Å². The first-order chi connectivity index (χ1) is 8.25. The van der Waals surface area contributed by atoms with E-state index >= 15 is 0 Å². The van der Waals surface area contributed by atoms with E-state index in [9.17, 15) is 0 Å². The maximum absolute atomic E-state index is 5.91. The molecular weight excluding hydrogens is 212 g/mol. The van der Waals surface area contributed by atoms with Gasteiger partial charge in [-0.3, -0.25) is 0 Å². The molecule has 0 radical (unpaired) electrons. The summed E-state index contributed by atoms with van der Waals surface area (Å²) in [6.07, 6.45) is 4.47. The van der Waals surface area contributed by atoms with Crippen LogP contribution in [0.25, 0.3) is 0 Å². The first-order valence-corrected chi connectivity index (χ1v) is 5.78. The first-order valence-electron chi connectivity index (χ1n) is 5.78. The van der Waals surface area contributed by atoms with Crippen molar-refractivity contribution in [2.24, 2.45) is 0 Å². The molecule has 3 nitrogen and oxygen atoms in total. The highest BCUT2D eigenvalue weighted by Gasteiger charge is 2.03. The summed E-state index contributed by atoms with van der Waals surface area (Å²) in [6, 6.07) is 10.0. The van der Waals surface area contributed by atoms with Gasteiger partial charge in [-0.05, 0) is 31.2 Å². The molecule has 0 unspecified atom stereocenters. The van der Waals surface area contributed by atoms with E-state index in [0.29, 0.717) is 0 Å². The molecule has 2 N–H and O–H groups in total. The Bertz CT molecular complexity index is 451. The van der Waals surface area contributed by atoms with Crippen molar-refractivity contribution in [2.45, 2.75) is 13.0 Å². The van der Waals surface area contributed by atoms with Crippen LogP contribution in [-0.4, -0.2) is 18.5 Å². The van der Waals surface area contributed by atoms with Crippen molar-refractivity contribution in [3.8, 4) is 0 Å². The summed E-state index contributed by atoms with van der Waals surface area (Å²) in [7, 11) is 2.10. The van der Waals surface area contributed by atoms with Crippen molar-refractivity contribution in [1.82, 2.24) is 4.90 Å². The quantitative estimate of drug-likeness (QED) is 0.803. The summed E-state index contributed by atoms with van der Waals surface area (Å²) in [6.45, 7) is 1.89. The number of rotatable bonds is 5. The number of para-hydroxylation sites is 1. The molecule has 2 rings (SSSR count). The molecule has 0 amide bonds. The van der Waals surface area contributed by atoms with E-state index in [-0.39, 0.29) is 0 Å². The molecule has 0 saturated heterocycles. The van der Waals surface area contributed by atoms with Gasteiger partial charge in [-0.2, -0.15) is 0 Å². The Hall–Kier alpha value is -1.74. The van der Waals surface area contributed by atoms with E-state index in [1.807, 2.05) is 24.3 Å². The van der Waals surface area contributed by atoms with Gasteiger partial charge in [-0.25, -0.2) is 0 Å². The number of benzene rings is 1. The SMILES string of the molecule is CN(CCc1ccccc1N)Cc1ccoc1. The van der Waals surface area contributed by atoms with Crippen LogP contribution in [-0.2, 0) is 13.0 Å². The smallest absolute Gasteiger partial charge is 0.0947 e. The van der Waals surface area contributed by atoms with Crippen LogP contribution < -0.4 is 5.73 Å². The third kappa shape index (κ3) is 3.36. The van der Waals surface area contributed by atoms with Crippen LogP contribution in [0, 0.1) is 0 Å². The zero-order valence-electron chi connectivity index (χ0n) is 10.1. The maximum atomic E-state index is 5.91. The second-order valence-electron chi connectivity index (χ2n) is 4.32. The van der Waals surface area contributed by atoms with Crippen LogP contribution in [0.4, 0.5) is 5.69 Å². The average Bonchev–Trinajstić information content (AvgIpc) is 2.81. The molecule has 0 fully saturated rings. The second kappa shape index (κ2) is 5.55. The lowest BCUT2D eigenvalue weighted by molar-refractivity contribution is 0.330. The number of nitrogens with zero attached hydrogens (tertiary/aromatic N) is 1. The highest BCUT2D eigenvalue weighted by Crippen LogP contribution is 2.12. The predicted octanol–water partition coefficient (Wildman–Crippen LogP) is 2.54. The van der Waals surface area contributed by atoms with E-state index in [1.54, 1.807) is 12.5 Å². The molecule has 0 bridgehead atoms. The highest BCUT2D eigenvalue weighted by molar-refractivity contribution is 5.46. The average molecular weight is 230 g/mol. The summed E-state index contributed by atoms with van der Waals surface area (Å²) in [5.41, 5.74) is 9.20. The van der Waals surface area contributed by atoms with Crippen LogP contribution in [0.5, 0.6) is 0 Å². The molecule has 2 aromatic rings. The number of furan rings is 1. The molecule has 3 heteroatoms. The van der Waals surface area contributed by atoms with Gasteiger partial charge in [0.1, 0.15) is 0 Å². The van der Waals surface area contributed by atoms with Crippen LogP contribution in [0.1, 0.15) is 11.1 Å². The molecule has 1 heterocycles. The van der Waals surface area contributed by atoms with Gasteiger partial charge in [0.05, 0.1) is 12.5 Å². The third-order valence-electron chi connectivity index (χ3n) is 2.85. The largest absolute Gasteiger partial charge is 0.472 e. The van der Waals surface area contributed by atoms with E-state index in [2.05, 4.69) is 18.0 Å². The first kappa shape index (κ1) is 11.7. The lowest BCUT2D eigenvalue weighted by Crippen LogP contribution is -2.20. The van der Waals surface area contributed by atoms with Crippen LogP contribution in [0.2, 0.25) is 0 Å². The van der Waals surface area contributed by atoms with Gasteiger partial charge in [0.15, 0.2) is 0 Å². The number of likely N-dealkylation sites (N-methyl/N-ethyl adjacent to an activating group) is 1. The minimum Gasteiger partial charge on any atom is -0.472 e. The van der Waals surface area contributed by atoms with Gasteiger partial charge < -0.3 is 15.1 Å². The summed E-state index contributed by atoms with van der Waals surface area (Å²) in [5.74, 6) is 0. The fraction of sp³-hybridized carbons (Fsp3) is 0.286. The number of nitrogen functional groups attached to an aromatic ring is 1. The van der Waals surface area contributed by atoms with Gasteiger partial charge in [0, 0.05) is 24.3 Å². The van der Waals surface area contributed by atoms with Crippen molar-refractivity contribution < 1.29 is 4.42 Å². The molecule has 1 aromatic carbocycles. The molecule has 1 aromatic heterocycles. The van der Waals surface area contributed by atoms with Crippen molar-refractivity contribution in [2.75, 3.05) is 19.3 Å². The van der Waals surface area contributed by atoms with E-state index in [1.165, 1.54) is 11.1 Å². The molecule has 0 saturated carbocycles. The molecule has 17 heavy (non-hydrogen) atoms. The molecular formula is C14H18N2O. The van der Waals surface area contributed by atoms with Gasteiger partial charge in [-0.15, -0.1) is 0 Å². The Kier molecular flexibility index (Phi) is 3.83. The summed E-state index contributed by atoms with van der Waals surface area (Å²) < 4.78 is 5.05.